The van der Waals surface area contributed by atoms with Crippen LogP contribution in [0.1, 0.15) is 11.3 Å². The number of likely N-dealkylation sites (N-methyl/N-ethyl adjacent to an activating group) is 1. The number of hydrogen-bond acceptors (Lipinski definition) is 5. The highest BCUT2D eigenvalue weighted by Gasteiger charge is 2.20. The molecule has 0 radical (unpaired) electrons. The lowest BCUT2D eigenvalue weighted by molar-refractivity contribution is -0.119. The summed E-state index contributed by atoms with van der Waals surface area (Å²) in [6.07, 6.45) is 4.03. The number of benzene rings is 2. The van der Waals surface area contributed by atoms with Crippen molar-refractivity contribution in [2.45, 2.75) is 0 Å². The van der Waals surface area contributed by atoms with Crippen molar-refractivity contribution in [3.63, 3.8) is 0 Å². The van der Waals surface area contributed by atoms with Gasteiger partial charge in [-0.2, -0.15) is 5.10 Å². The van der Waals surface area contributed by atoms with Crippen molar-refractivity contribution in [3.05, 3.63) is 53.7 Å². The predicted molar refractivity (Wildman–Crippen MR) is 122 cm³/mol. The van der Waals surface area contributed by atoms with E-state index in [1.54, 1.807) is 0 Å². The summed E-state index contributed by atoms with van der Waals surface area (Å²) in [5.74, 6) is -0.169. The maximum absolute atomic E-state index is 12.3. The van der Waals surface area contributed by atoms with Crippen LogP contribution in [0.2, 0.25) is 0 Å². The molecule has 4 rings (SSSR count). The largest absolute Gasteiger partial charge is 0.375 e. The first kappa shape index (κ1) is 20.1. The van der Waals surface area contributed by atoms with Gasteiger partial charge in [0.1, 0.15) is 6.61 Å². The van der Waals surface area contributed by atoms with E-state index < -0.39 is 0 Å². The molecule has 7 heteroatoms. The SMILES string of the molecule is COCC(=O)Nc1cc2c(/C=C/c3ccccc3)n[nH]c2cc1N1CCN(C)CC1. The molecule has 1 saturated heterocycles. The Morgan fingerprint density at radius 1 is 1.17 bits per heavy atom. The number of aromatic nitrogens is 2. The van der Waals surface area contributed by atoms with E-state index in [1.807, 2.05) is 48.6 Å². The van der Waals surface area contributed by atoms with E-state index in [2.05, 4.69) is 38.4 Å². The standard InChI is InChI=1S/C23H27N5O2/c1-27-10-12-28(13-11-27)22-15-20-18(14-21(22)24-23(29)16-30-2)19(25-26-20)9-8-17-6-4-3-5-7-17/h3-9,14-15H,10-13,16H2,1-2H3,(H,24,29)(H,25,26)/b9-8+. The molecule has 3 aromatic rings. The van der Waals surface area contributed by atoms with Gasteiger partial charge in [0.2, 0.25) is 5.91 Å². The summed E-state index contributed by atoms with van der Waals surface area (Å²) in [6.45, 7) is 3.80. The van der Waals surface area contributed by atoms with Gasteiger partial charge in [-0.05, 0) is 30.8 Å². The molecule has 1 aromatic heterocycles. The molecule has 0 unspecified atom stereocenters. The Hall–Kier alpha value is -3.16. The van der Waals surface area contributed by atoms with Crippen molar-refractivity contribution in [1.29, 1.82) is 0 Å². The number of ether oxygens (including phenoxy) is 1. The number of carbonyl (C=O) groups excluding carboxylic acids is 1. The average Bonchev–Trinajstić information content (AvgIpc) is 3.15. The van der Waals surface area contributed by atoms with Gasteiger partial charge in [0.05, 0.1) is 22.6 Å². The second-order valence-electron chi connectivity index (χ2n) is 7.54. The second kappa shape index (κ2) is 9.11. The van der Waals surface area contributed by atoms with Crippen LogP contribution in [-0.4, -0.2) is 67.9 Å². The van der Waals surface area contributed by atoms with Crippen LogP contribution in [0.3, 0.4) is 0 Å². The monoisotopic (exact) mass is 405 g/mol. The van der Waals surface area contributed by atoms with Crippen LogP contribution in [0.4, 0.5) is 11.4 Å². The third-order valence-corrected chi connectivity index (χ3v) is 5.34. The van der Waals surface area contributed by atoms with Gasteiger partial charge in [0.15, 0.2) is 0 Å². The van der Waals surface area contributed by atoms with Crippen LogP contribution in [0, 0.1) is 0 Å². The maximum atomic E-state index is 12.3. The minimum Gasteiger partial charge on any atom is -0.375 e. The van der Waals surface area contributed by atoms with Crippen LogP contribution in [0.25, 0.3) is 23.1 Å². The molecule has 0 bridgehead atoms. The van der Waals surface area contributed by atoms with E-state index >= 15 is 0 Å². The number of aromatic amines is 1. The fourth-order valence-electron chi connectivity index (χ4n) is 3.67. The fraction of sp³-hybridized carbons (Fsp3) is 0.304. The molecule has 2 heterocycles. The number of piperazine rings is 1. The number of rotatable bonds is 6. The smallest absolute Gasteiger partial charge is 0.250 e. The van der Waals surface area contributed by atoms with Gasteiger partial charge in [-0.1, -0.05) is 36.4 Å². The van der Waals surface area contributed by atoms with Gasteiger partial charge in [-0.15, -0.1) is 0 Å². The first-order valence-electron chi connectivity index (χ1n) is 10.1. The molecule has 0 atom stereocenters. The summed E-state index contributed by atoms with van der Waals surface area (Å²) < 4.78 is 5.00. The molecule has 2 N–H and O–H groups in total. The summed E-state index contributed by atoms with van der Waals surface area (Å²) in [5, 5.41) is 11.6. The Morgan fingerprint density at radius 3 is 2.67 bits per heavy atom. The van der Waals surface area contributed by atoms with Crippen LogP contribution < -0.4 is 10.2 Å². The number of nitrogens with zero attached hydrogens (tertiary/aromatic N) is 3. The summed E-state index contributed by atoms with van der Waals surface area (Å²) in [4.78, 5) is 16.9. The van der Waals surface area contributed by atoms with Gasteiger partial charge in [0.25, 0.3) is 0 Å². The average molecular weight is 406 g/mol. The number of amides is 1. The van der Waals surface area contributed by atoms with Crippen LogP contribution in [0.15, 0.2) is 42.5 Å². The molecule has 1 aliphatic heterocycles. The number of anilines is 2. The van der Waals surface area contributed by atoms with E-state index in [1.165, 1.54) is 7.11 Å². The van der Waals surface area contributed by atoms with E-state index in [0.29, 0.717) is 0 Å². The summed E-state index contributed by atoms with van der Waals surface area (Å²) in [5.41, 5.74) is 4.67. The van der Waals surface area contributed by atoms with E-state index in [4.69, 9.17) is 4.74 Å². The first-order valence-corrected chi connectivity index (χ1v) is 10.1. The van der Waals surface area contributed by atoms with Gasteiger partial charge in [-0.25, -0.2) is 0 Å². The Labute approximate surface area is 176 Å². The second-order valence-corrected chi connectivity index (χ2v) is 7.54. The maximum Gasteiger partial charge on any atom is 0.250 e. The Morgan fingerprint density at radius 2 is 1.93 bits per heavy atom. The third-order valence-electron chi connectivity index (χ3n) is 5.34. The number of methoxy groups -OCH3 is 1. The summed E-state index contributed by atoms with van der Waals surface area (Å²) in [6, 6.07) is 14.2. The van der Waals surface area contributed by atoms with Crippen molar-refractivity contribution in [1.82, 2.24) is 15.1 Å². The van der Waals surface area contributed by atoms with Crippen molar-refractivity contribution in [2.24, 2.45) is 0 Å². The van der Waals surface area contributed by atoms with Crippen molar-refractivity contribution >= 4 is 40.3 Å². The lowest BCUT2D eigenvalue weighted by atomic mass is 10.1. The normalized spacial score (nSPS) is 15.2. The minimum atomic E-state index is -0.169. The Bertz CT molecular complexity index is 1040. The molecule has 0 spiro atoms. The number of nitrogens with one attached hydrogen (secondary N) is 2. The van der Waals surface area contributed by atoms with Crippen LogP contribution in [-0.2, 0) is 9.53 Å². The van der Waals surface area contributed by atoms with Crippen molar-refractivity contribution in [3.8, 4) is 0 Å². The molecule has 30 heavy (non-hydrogen) atoms. The number of fused-ring (bicyclic) bond motifs is 1. The number of carbonyl (C=O) groups is 1. The van der Waals surface area contributed by atoms with Gasteiger partial charge in [-0.3, -0.25) is 9.89 Å². The summed E-state index contributed by atoms with van der Waals surface area (Å²) >= 11 is 0. The summed E-state index contributed by atoms with van der Waals surface area (Å²) in [7, 11) is 3.65. The zero-order valence-corrected chi connectivity index (χ0v) is 17.4. The van der Waals surface area contributed by atoms with Crippen molar-refractivity contribution in [2.75, 3.05) is 57.2 Å². The fourth-order valence-corrected chi connectivity index (χ4v) is 3.67. The third kappa shape index (κ3) is 4.53. The highest BCUT2D eigenvalue weighted by Crippen LogP contribution is 2.33. The van der Waals surface area contributed by atoms with Crippen LogP contribution in [0.5, 0.6) is 0 Å². The number of hydrogen-bond donors (Lipinski definition) is 2. The molecule has 1 fully saturated rings. The molecule has 1 amide bonds. The predicted octanol–water partition coefficient (Wildman–Crippen LogP) is 3.07. The molecular formula is C23H27N5O2. The molecular weight excluding hydrogens is 378 g/mol. The molecule has 2 aromatic carbocycles. The lowest BCUT2D eigenvalue weighted by Gasteiger charge is -2.35. The Kier molecular flexibility index (Phi) is 6.11. The first-order chi connectivity index (χ1) is 14.6. The highest BCUT2D eigenvalue weighted by molar-refractivity contribution is 6.01. The minimum absolute atomic E-state index is 0.0202. The highest BCUT2D eigenvalue weighted by atomic mass is 16.5. The zero-order valence-electron chi connectivity index (χ0n) is 17.4. The van der Waals surface area contributed by atoms with Crippen molar-refractivity contribution < 1.29 is 9.53 Å². The van der Waals surface area contributed by atoms with E-state index in [0.717, 1.165) is 59.7 Å². The number of H-pyrrole nitrogens is 1. The molecule has 7 nitrogen and oxygen atoms in total. The lowest BCUT2D eigenvalue weighted by Crippen LogP contribution is -2.44. The topological polar surface area (TPSA) is 73.5 Å². The van der Waals surface area contributed by atoms with Gasteiger partial charge >= 0.3 is 0 Å². The van der Waals surface area contributed by atoms with Gasteiger partial charge in [0, 0.05) is 38.7 Å². The molecule has 0 aliphatic carbocycles. The molecule has 156 valence electrons. The zero-order chi connectivity index (χ0) is 20.9. The molecule has 0 saturated carbocycles. The van der Waals surface area contributed by atoms with E-state index in [9.17, 15) is 4.79 Å². The van der Waals surface area contributed by atoms with E-state index in [-0.39, 0.29) is 12.5 Å². The quantitative estimate of drug-likeness (QED) is 0.659. The van der Waals surface area contributed by atoms with Crippen LogP contribution >= 0.6 is 0 Å². The van der Waals surface area contributed by atoms with Gasteiger partial charge < -0.3 is 19.9 Å². The Balaban J connectivity index is 1.70. The molecule has 1 aliphatic rings.